The van der Waals surface area contributed by atoms with Gasteiger partial charge in [-0.3, -0.25) is 9.59 Å². The van der Waals surface area contributed by atoms with Crippen LogP contribution < -0.4 is 4.90 Å². The first kappa shape index (κ1) is 26.0. The van der Waals surface area contributed by atoms with Gasteiger partial charge in [-0.05, 0) is 49.6 Å². The van der Waals surface area contributed by atoms with Gasteiger partial charge in [-0.1, -0.05) is 29.3 Å². The maximum Gasteiger partial charge on any atom is 0.238 e. The average molecular weight is 564 g/mol. The Morgan fingerprint density at radius 1 is 1.14 bits per heavy atom. The molecule has 1 spiro atoms. The smallest absolute Gasteiger partial charge is 0.238 e. The number of carbonyl (C=O) groups excluding carboxylic acids is 2. The Morgan fingerprint density at radius 3 is 2.54 bits per heavy atom. The van der Waals surface area contributed by atoms with Crippen molar-refractivity contribution >= 4 is 61.6 Å². The van der Waals surface area contributed by atoms with Gasteiger partial charge in [0.1, 0.15) is 15.7 Å². The van der Waals surface area contributed by atoms with E-state index in [-0.39, 0.29) is 24.1 Å². The van der Waals surface area contributed by atoms with Crippen LogP contribution in [0.4, 0.5) is 5.69 Å². The molecule has 0 unspecified atom stereocenters. The Morgan fingerprint density at radius 2 is 1.86 bits per heavy atom. The molecule has 2 amide bonds. The third kappa shape index (κ3) is 4.73. The number of carbonyl (C=O) groups is 2. The summed E-state index contributed by atoms with van der Waals surface area (Å²) in [6.45, 7) is 3.16. The van der Waals surface area contributed by atoms with Crippen LogP contribution in [0.25, 0.3) is 11.0 Å². The van der Waals surface area contributed by atoms with Gasteiger partial charge in [0.25, 0.3) is 0 Å². The minimum atomic E-state index is -3.12. The number of amides is 2. The second kappa shape index (κ2) is 9.60. The first-order valence-electron chi connectivity index (χ1n) is 12.2. The zero-order chi connectivity index (χ0) is 26.5. The Hall–Kier alpha value is -2.62. The highest BCUT2D eigenvalue weighted by atomic mass is 35.5. The second-order valence-corrected chi connectivity index (χ2v) is 13.0. The zero-order valence-corrected chi connectivity index (χ0v) is 23.0. The Labute approximate surface area is 226 Å². The van der Waals surface area contributed by atoms with E-state index < -0.39 is 15.3 Å². The summed E-state index contributed by atoms with van der Waals surface area (Å²) in [4.78, 5) is 34.4. The molecule has 196 valence electrons. The van der Waals surface area contributed by atoms with Crippen LogP contribution in [0.3, 0.4) is 0 Å². The molecule has 37 heavy (non-hydrogen) atoms. The van der Waals surface area contributed by atoms with Crippen molar-refractivity contribution in [3.63, 3.8) is 0 Å². The summed E-state index contributed by atoms with van der Waals surface area (Å²) < 4.78 is 25.5. The number of benzene rings is 2. The predicted molar refractivity (Wildman–Crippen MR) is 145 cm³/mol. The van der Waals surface area contributed by atoms with Crippen molar-refractivity contribution in [2.75, 3.05) is 30.0 Å². The molecular formula is C26H28Cl2N4O4S. The van der Waals surface area contributed by atoms with Crippen molar-refractivity contribution in [3.05, 3.63) is 57.8 Å². The molecule has 0 atom stereocenters. The lowest BCUT2D eigenvalue weighted by molar-refractivity contribution is -0.133. The number of imidazole rings is 1. The summed E-state index contributed by atoms with van der Waals surface area (Å²) >= 11 is 12.9. The van der Waals surface area contributed by atoms with Gasteiger partial charge >= 0.3 is 0 Å². The molecule has 5 rings (SSSR count). The van der Waals surface area contributed by atoms with E-state index in [0.717, 1.165) is 16.8 Å². The largest absolute Gasteiger partial charge is 0.343 e. The van der Waals surface area contributed by atoms with E-state index in [2.05, 4.69) is 0 Å². The molecule has 0 aliphatic carbocycles. The van der Waals surface area contributed by atoms with Gasteiger partial charge < -0.3 is 14.4 Å². The van der Waals surface area contributed by atoms with Crippen molar-refractivity contribution < 1.29 is 18.0 Å². The Kier molecular flexibility index (Phi) is 6.75. The van der Waals surface area contributed by atoms with Crippen molar-refractivity contribution in [1.29, 1.82) is 0 Å². The van der Waals surface area contributed by atoms with E-state index in [1.54, 1.807) is 34.9 Å². The van der Waals surface area contributed by atoms with Gasteiger partial charge in [0.2, 0.25) is 11.8 Å². The van der Waals surface area contributed by atoms with Gasteiger partial charge in [-0.15, -0.1) is 0 Å². The molecule has 1 fully saturated rings. The van der Waals surface area contributed by atoms with E-state index >= 15 is 0 Å². The first-order chi connectivity index (χ1) is 17.5. The average Bonchev–Trinajstić information content (AvgIpc) is 3.27. The third-order valence-corrected chi connectivity index (χ3v) is 9.04. The number of nitrogens with zero attached hydrogens (tertiary/aromatic N) is 4. The van der Waals surface area contributed by atoms with Crippen molar-refractivity contribution in [3.8, 4) is 0 Å². The van der Waals surface area contributed by atoms with E-state index in [1.165, 1.54) is 6.26 Å². The molecule has 1 aromatic heterocycles. The lowest BCUT2D eigenvalue weighted by atomic mass is 9.73. The second-order valence-electron chi connectivity index (χ2n) is 9.91. The summed E-state index contributed by atoms with van der Waals surface area (Å²) in [5.41, 5.74) is 2.28. The molecule has 0 bridgehead atoms. The molecular weight excluding hydrogens is 535 g/mol. The Balaban J connectivity index is 1.53. The number of hydrogen-bond acceptors (Lipinski definition) is 5. The van der Waals surface area contributed by atoms with E-state index in [0.29, 0.717) is 60.3 Å². The molecule has 3 aromatic rings. The fourth-order valence-corrected chi connectivity index (χ4v) is 6.83. The maximum absolute atomic E-state index is 14.1. The summed E-state index contributed by atoms with van der Waals surface area (Å²) in [7, 11) is -3.12. The molecule has 2 aromatic carbocycles. The van der Waals surface area contributed by atoms with Gasteiger partial charge in [-0.25, -0.2) is 13.4 Å². The highest BCUT2D eigenvalue weighted by Crippen LogP contribution is 2.51. The van der Waals surface area contributed by atoms with Crippen LogP contribution in [0.5, 0.6) is 0 Å². The number of rotatable bonds is 6. The quantitative estimate of drug-likeness (QED) is 0.448. The van der Waals surface area contributed by atoms with Gasteiger partial charge in [-0.2, -0.15) is 0 Å². The van der Waals surface area contributed by atoms with Crippen LogP contribution >= 0.6 is 23.2 Å². The summed E-state index contributed by atoms with van der Waals surface area (Å²) in [6.07, 6.45) is 2.64. The number of halogens is 2. The molecule has 8 nitrogen and oxygen atoms in total. The molecule has 0 N–H and O–H groups in total. The van der Waals surface area contributed by atoms with E-state index in [9.17, 15) is 18.0 Å². The molecule has 0 saturated carbocycles. The van der Waals surface area contributed by atoms with Gasteiger partial charge in [0, 0.05) is 54.1 Å². The van der Waals surface area contributed by atoms with Crippen LogP contribution in [0.15, 0.2) is 36.4 Å². The highest BCUT2D eigenvalue weighted by Gasteiger charge is 2.53. The molecule has 2 aliphatic heterocycles. The summed E-state index contributed by atoms with van der Waals surface area (Å²) in [5, 5.41) is 1.09. The number of likely N-dealkylation sites (tertiary alicyclic amines) is 1. The molecule has 2 aliphatic rings. The topological polar surface area (TPSA) is 92.6 Å². The normalized spacial score (nSPS) is 17.1. The lowest BCUT2D eigenvalue weighted by Crippen LogP contribution is -2.49. The fourth-order valence-electron chi connectivity index (χ4n) is 5.66. The maximum atomic E-state index is 14.1. The van der Waals surface area contributed by atoms with Crippen molar-refractivity contribution in [2.45, 2.75) is 44.7 Å². The number of hydrogen-bond donors (Lipinski definition) is 0. The number of aromatic nitrogens is 2. The van der Waals surface area contributed by atoms with Gasteiger partial charge in [0.05, 0.1) is 28.7 Å². The van der Waals surface area contributed by atoms with E-state index in [4.69, 9.17) is 28.2 Å². The van der Waals surface area contributed by atoms with Crippen LogP contribution in [-0.2, 0) is 37.9 Å². The van der Waals surface area contributed by atoms with Crippen molar-refractivity contribution in [2.24, 2.45) is 0 Å². The summed E-state index contributed by atoms with van der Waals surface area (Å²) in [5.74, 6) is 0.643. The standard InChI is InChI=1S/C26H28Cl2N4O4S/c1-17(33)30-12-9-26(10-13-30)24-19(28)5-3-6-22(24)32(25(26)34)16-23-29-20-15-18(27)7-8-21(20)31(23)11-4-14-37(2,35)36/h3,5-8,15H,4,9-14,16H2,1-2H3. The zero-order valence-electron chi connectivity index (χ0n) is 20.7. The first-order valence-corrected chi connectivity index (χ1v) is 15.0. The minimum absolute atomic E-state index is 0.00185. The van der Waals surface area contributed by atoms with Crippen LogP contribution in [0.1, 0.15) is 37.6 Å². The fraction of sp³-hybridized carbons (Fsp3) is 0.423. The third-order valence-electron chi connectivity index (χ3n) is 7.46. The van der Waals surface area contributed by atoms with E-state index in [1.807, 2.05) is 22.8 Å². The molecule has 3 heterocycles. The number of aryl methyl sites for hydroxylation is 1. The molecule has 11 heteroatoms. The minimum Gasteiger partial charge on any atom is -0.343 e. The van der Waals surface area contributed by atoms with Crippen LogP contribution in [0, 0.1) is 0 Å². The Bertz CT molecular complexity index is 1510. The number of sulfone groups is 1. The highest BCUT2D eigenvalue weighted by molar-refractivity contribution is 7.90. The SMILES string of the molecule is CC(=O)N1CCC2(CC1)C(=O)N(Cc1nc3cc(Cl)ccc3n1CCCS(C)(=O)=O)c1cccc(Cl)c12. The molecule has 0 radical (unpaired) electrons. The number of piperidine rings is 1. The van der Waals surface area contributed by atoms with Crippen molar-refractivity contribution in [1.82, 2.24) is 14.5 Å². The molecule has 1 saturated heterocycles. The predicted octanol–water partition coefficient (Wildman–Crippen LogP) is 4.20. The number of anilines is 1. The van der Waals surface area contributed by atoms with Crippen LogP contribution in [0.2, 0.25) is 10.0 Å². The van der Waals surface area contributed by atoms with Gasteiger partial charge in [0.15, 0.2) is 0 Å². The lowest BCUT2D eigenvalue weighted by Gasteiger charge is -2.38. The monoisotopic (exact) mass is 562 g/mol. The van der Waals surface area contributed by atoms with Crippen LogP contribution in [-0.4, -0.2) is 59.8 Å². The number of fused-ring (bicyclic) bond motifs is 3. The summed E-state index contributed by atoms with van der Waals surface area (Å²) in [6, 6.07) is 10.9.